The van der Waals surface area contributed by atoms with Gasteiger partial charge in [-0.25, -0.2) is 13.1 Å². The highest BCUT2D eigenvalue weighted by molar-refractivity contribution is 7.89. The van der Waals surface area contributed by atoms with Gasteiger partial charge >= 0.3 is 0 Å². The molecular formula is C14H22N2O4S. The molecule has 0 amide bonds. The topological polar surface area (TPSA) is 90.7 Å². The summed E-state index contributed by atoms with van der Waals surface area (Å²) in [5.41, 5.74) is 5.59. The first-order chi connectivity index (χ1) is 9.90. The van der Waals surface area contributed by atoms with Crippen LogP contribution in [0.25, 0.3) is 0 Å². The summed E-state index contributed by atoms with van der Waals surface area (Å²) in [6, 6.07) is 4.59. The summed E-state index contributed by atoms with van der Waals surface area (Å²) in [7, 11) is -3.61. The maximum atomic E-state index is 12.3. The third kappa shape index (κ3) is 3.66. The minimum atomic E-state index is -3.61. The molecule has 0 spiro atoms. The van der Waals surface area contributed by atoms with Gasteiger partial charge in [0, 0.05) is 18.2 Å². The summed E-state index contributed by atoms with van der Waals surface area (Å²) in [6.07, 6.45) is 1.40. The molecule has 118 valence electrons. The Kier molecular flexibility index (Phi) is 4.75. The van der Waals surface area contributed by atoms with E-state index in [1.807, 2.05) is 13.8 Å². The second-order valence-corrected chi connectivity index (χ2v) is 6.97. The van der Waals surface area contributed by atoms with Crippen LogP contribution in [-0.2, 0) is 10.0 Å². The Balaban J connectivity index is 2.16. The van der Waals surface area contributed by atoms with Gasteiger partial charge in [0.2, 0.25) is 10.0 Å². The van der Waals surface area contributed by atoms with E-state index in [1.165, 1.54) is 12.1 Å². The second-order valence-electron chi connectivity index (χ2n) is 5.20. The molecule has 6 nitrogen and oxygen atoms in total. The zero-order chi connectivity index (χ0) is 15.5. The maximum absolute atomic E-state index is 12.3. The summed E-state index contributed by atoms with van der Waals surface area (Å²) in [5.74, 6) is 1.02. The van der Waals surface area contributed by atoms with E-state index in [0.29, 0.717) is 37.6 Å². The molecule has 2 rings (SSSR count). The third-order valence-electron chi connectivity index (χ3n) is 3.85. The average Bonchev–Trinajstić information content (AvgIpc) is 2.52. The lowest BCUT2D eigenvalue weighted by molar-refractivity contribution is 0.171. The number of hydrogen-bond donors (Lipinski definition) is 2. The van der Waals surface area contributed by atoms with Gasteiger partial charge in [-0.05, 0) is 25.0 Å². The van der Waals surface area contributed by atoms with E-state index in [0.717, 1.165) is 0 Å². The lowest BCUT2D eigenvalue weighted by Gasteiger charge is -2.26. The first-order valence-corrected chi connectivity index (χ1v) is 8.57. The van der Waals surface area contributed by atoms with Gasteiger partial charge in [0.05, 0.1) is 4.90 Å². The zero-order valence-electron chi connectivity index (χ0n) is 12.4. The molecule has 0 radical (unpaired) electrons. The maximum Gasteiger partial charge on any atom is 0.240 e. The van der Waals surface area contributed by atoms with E-state index < -0.39 is 15.6 Å². The summed E-state index contributed by atoms with van der Waals surface area (Å²) >= 11 is 0. The highest BCUT2D eigenvalue weighted by atomic mass is 32.2. The minimum absolute atomic E-state index is 0.154. The van der Waals surface area contributed by atoms with Gasteiger partial charge in [-0.1, -0.05) is 13.8 Å². The number of fused-ring (bicyclic) bond motifs is 1. The first-order valence-electron chi connectivity index (χ1n) is 7.08. The van der Waals surface area contributed by atoms with Crippen LogP contribution < -0.4 is 19.9 Å². The molecule has 0 saturated heterocycles. The van der Waals surface area contributed by atoms with Gasteiger partial charge in [0.1, 0.15) is 13.2 Å². The van der Waals surface area contributed by atoms with E-state index in [1.54, 1.807) is 6.07 Å². The van der Waals surface area contributed by atoms with Crippen molar-refractivity contribution in [3.63, 3.8) is 0 Å². The fourth-order valence-corrected chi connectivity index (χ4v) is 3.17. The normalized spacial score (nSPS) is 15.0. The fraction of sp³-hybridized carbons (Fsp3) is 0.571. The molecular weight excluding hydrogens is 292 g/mol. The monoisotopic (exact) mass is 314 g/mol. The van der Waals surface area contributed by atoms with Crippen molar-refractivity contribution in [1.29, 1.82) is 0 Å². The third-order valence-corrected chi connectivity index (χ3v) is 5.25. The lowest BCUT2D eigenvalue weighted by atomic mass is 9.95. The number of hydrogen-bond acceptors (Lipinski definition) is 5. The van der Waals surface area contributed by atoms with Crippen LogP contribution in [0.1, 0.15) is 26.7 Å². The molecule has 1 aliphatic heterocycles. The molecule has 0 aliphatic carbocycles. The molecule has 1 aromatic rings. The van der Waals surface area contributed by atoms with Crippen molar-refractivity contribution in [2.75, 3.05) is 19.8 Å². The molecule has 1 aromatic carbocycles. The van der Waals surface area contributed by atoms with Crippen molar-refractivity contribution in [2.24, 2.45) is 5.73 Å². The summed E-state index contributed by atoms with van der Waals surface area (Å²) in [6.45, 7) is 4.99. The van der Waals surface area contributed by atoms with Crippen molar-refractivity contribution < 1.29 is 17.9 Å². The van der Waals surface area contributed by atoms with Crippen LogP contribution in [-0.4, -0.2) is 33.7 Å². The molecule has 1 aliphatic rings. The number of sulfonamides is 1. The number of benzene rings is 1. The lowest BCUT2D eigenvalue weighted by Crippen LogP contribution is -2.49. The SMILES string of the molecule is CCC(N)(CC)CNS(=O)(=O)c1ccc2c(c1)OCCO2. The molecule has 3 N–H and O–H groups in total. The molecule has 0 atom stereocenters. The van der Waals surface area contributed by atoms with E-state index >= 15 is 0 Å². The van der Waals surface area contributed by atoms with Crippen LogP contribution in [0.15, 0.2) is 23.1 Å². The summed E-state index contributed by atoms with van der Waals surface area (Å²) < 4.78 is 38.0. The first kappa shape index (κ1) is 16.1. The predicted octanol–water partition coefficient (Wildman–Crippen LogP) is 1.25. The number of nitrogens with one attached hydrogen (secondary N) is 1. The Hall–Kier alpha value is -1.31. The standard InChI is InChI=1S/C14H22N2O4S/c1-3-14(15,4-2)10-16-21(17,18)11-5-6-12-13(9-11)20-8-7-19-12/h5-6,9,16H,3-4,7-8,10,15H2,1-2H3. The van der Waals surface area contributed by atoms with Crippen molar-refractivity contribution in [3.8, 4) is 11.5 Å². The molecule has 0 unspecified atom stereocenters. The van der Waals surface area contributed by atoms with Gasteiger partial charge in [0.25, 0.3) is 0 Å². The Labute approximate surface area is 125 Å². The van der Waals surface area contributed by atoms with E-state index in [4.69, 9.17) is 15.2 Å². The Morgan fingerprint density at radius 1 is 1.19 bits per heavy atom. The van der Waals surface area contributed by atoms with Crippen LogP contribution in [0.5, 0.6) is 11.5 Å². The fourth-order valence-electron chi connectivity index (χ4n) is 2.01. The van der Waals surface area contributed by atoms with Crippen LogP contribution in [0.3, 0.4) is 0 Å². The number of rotatable bonds is 6. The van der Waals surface area contributed by atoms with Crippen molar-refractivity contribution in [1.82, 2.24) is 4.72 Å². The van der Waals surface area contributed by atoms with Crippen molar-refractivity contribution in [2.45, 2.75) is 37.1 Å². The molecule has 7 heteroatoms. The number of ether oxygens (including phenoxy) is 2. The summed E-state index contributed by atoms with van der Waals surface area (Å²) in [4.78, 5) is 0.154. The van der Waals surface area contributed by atoms with Crippen LogP contribution in [0, 0.1) is 0 Å². The molecule has 0 bridgehead atoms. The molecule has 1 heterocycles. The van der Waals surface area contributed by atoms with Gasteiger partial charge in [0.15, 0.2) is 11.5 Å². The largest absolute Gasteiger partial charge is 0.486 e. The zero-order valence-corrected chi connectivity index (χ0v) is 13.2. The summed E-state index contributed by atoms with van der Waals surface area (Å²) in [5, 5.41) is 0. The predicted molar refractivity (Wildman–Crippen MR) is 80.1 cm³/mol. The van der Waals surface area contributed by atoms with Crippen molar-refractivity contribution >= 4 is 10.0 Å². The highest BCUT2D eigenvalue weighted by Crippen LogP contribution is 2.32. The highest BCUT2D eigenvalue weighted by Gasteiger charge is 2.25. The van der Waals surface area contributed by atoms with Gasteiger partial charge < -0.3 is 15.2 Å². The van der Waals surface area contributed by atoms with Crippen LogP contribution in [0.2, 0.25) is 0 Å². The van der Waals surface area contributed by atoms with Gasteiger partial charge in [-0.15, -0.1) is 0 Å². The Morgan fingerprint density at radius 2 is 1.81 bits per heavy atom. The number of nitrogens with two attached hydrogens (primary N) is 1. The van der Waals surface area contributed by atoms with Crippen LogP contribution >= 0.6 is 0 Å². The van der Waals surface area contributed by atoms with Crippen molar-refractivity contribution in [3.05, 3.63) is 18.2 Å². The quantitative estimate of drug-likeness (QED) is 0.825. The van der Waals surface area contributed by atoms with Gasteiger partial charge in [-0.2, -0.15) is 0 Å². The molecule has 21 heavy (non-hydrogen) atoms. The molecule has 0 fully saturated rings. The molecule has 0 saturated carbocycles. The minimum Gasteiger partial charge on any atom is -0.486 e. The van der Waals surface area contributed by atoms with E-state index in [9.17, 15) is 8.42 Å². The Morgan fingerprint density at radius 3 is 2.43 bits per heavy atom. The average molecular weight is 314 g/mol. The van der Waals surface area contributed by atoms with Gasteiger partial charge in [-0.3, -0.25) is 0 Å². The van der Waals surface area contributed by atoms with Crippen LogP contribution in [0.4, 0.5) is 0 Å². The smallest absolute Gasteiger partial charge is 0.240 e. The second kappa shape index (κ2) is 6.21. The molecule has 0 aromatic heterocycles. The van der Waals surface area contributed by atoms with E-state index in [2.05, 4.69) is 4.72 Å². The van der Waals surface area contributed by atoms with E-state index in [-0.39, 0.29) is 11.4 Å². The Bertz CT molecular complexity index is 597.